The van der Waals surface area contributed by atoms with Gasteiger partial charge in [0.05, 0.1) is 0 Å². The molecule has 0 bridgehead atoms. The molecule has 0 aliphatic rings. The Morgan fingerprint density at radius 3 is 3.09 bits per heavy atom. The molecule has 0 saturated heterocycles. The minimum atomic E-state index is 0.619. The molecule has 0 atom stereocenters. The number of nitrogens with zero attached hydrogens (tertiary/aromatic N) is 1. The van der Waals surface area contributed by atoms with E-state index in [4.69, 9.17) is 17.3 Å². The van der Waals surface area contributed by atoms with Crippen LogP contribution >= 0.6 is 34.7 Å². The molecule has 1 rings (SSSR count). The first-order chi connectivity index (χ1) is 5.33. The summed E-state index contributed by atoms with van der Waals surface area (Å²) in [6.45, 7) is 0.733. The average Bonchev–Trinajstić information content (AvgIpc) is 2.37. The van der Waals surface area contributed by atoms with Gasteiger partial charge < -0.3 is 5.73 Å². The van der Waals surface area contributed by atoms with Gasteiger partial charge in [-0.25, -0.2) is 4.98 Å². The van der Waals surface area contributed by atoms with E-state index in [1.165, 1.54) is 16.2 Å². The van der Waals surface area contributed by atoms with Gasteiger partial charge in [-0.1, -0.05) is 11.6 Å². The predicted molar refractivity (Wildman–Crippen MR) is 52.3 cm³/mol. The summed E-state index contributed by atoms with van der Waals surface area (Å²) in [6.07, 6.45) is 1.82. The summed E-state index contributed by atoms with van der Waals surface area (Å²) in [5.41, 5.74) is 5.34. The highest BCUT2D eigenvalue weighted by Gasteiger charge is 1.97. The number of thioether (sulfide) groups is 1. The van der Waals surface area contributed by atoms with E-state index in [0.717, 1.165) is 18.1 Å². The number of hydrogen-bond acceptors (Lipinski definition) is 4. The molecule has 0 unspecified atom stereocenters. The molecule has 1 heterocycles. The maximum Gasteiger partial charge on any atom is 0.183 e. The van der Waals surface area contributed by atoms with E-state index in [1.807, 2.05) is 6.20 Å². The molecular weight excluding hydrogens is 200 g/mol. The first-order valence-corrected chi connectivity index (χ1v) is 5.56. The Kier molecular flexibility index (Phi) is 4.22. The van der Waals surface area contributed by atoms with Crippen molar-refractivity contribution >= 4 is 34.7 Å². The van der Waals surface area contributed by atoms with Crippen LogP contribution in [-0.2, 0) is 5.75 Å². The molecule has 0 fully saturated rings. The lowest BCUT2D eigenvalue weighted by atomic mass is 10.6. The third kappa shape index (κ3) is 3.42. The van der Waals surface area contributed by atoms with Crippen LogP contribution in [-0.4, -0.2) is 17.3 Å². The second-order valence-electron chi connectivity index (χ2n) is 1.92. The Morgan fingerprint density at radius 2 is 2.55 bits per heavy atom. The Bertz CT molecular complexity index is 214. The van der Waals surface area contributed by atoms with Crippen LogP contribution in [0.1, 0.15) is 4.88 Å². The van der Waals surface area contributed by atoms with Gasteiger partial charge in [-0.05, 0) is 0 Å². The van der Waals surface area contributed by atoms with E-state index in [9.17, 15) is 0 Å². The van der Waals surface area contributed by atoms with Crippen LogP contribution in [0.4, 0.5) is 0 Å². The largest absolute Gasteiger partial charge is 0.330 e. The number of halogens is 1. The standard InChI is InChI=1S/C6H9ClN2S2/c7-6-9-3-5(11-6)4-10-2-1-8/h3H,1-2,4,8H2. The van der Waals surface area contributed by atoms with Crippen molar-refractivity contribution in [1.82, 2.24) is 4.98 Å². The molecule has 0 spiro atoms. The SMILES string of the molecule is NCCSCc1cnc(Cl)s1. The minimum Gasteiger partial charge on any atom is -0.330 e. The molecule has 2 N–H and O–H groups in total. The molecule has 5 heteroatoms. The fraction of sp³-hybridized carbons (Fsp3) is 0.500. The third-order valence-electron chi connectivity index (χ3n) is 1.03. The van der Waals surface area contributed by atoms with Gasteiger partial charge in [0, 0.05) is 29.1 Å². The Labute approximate surface area is 79.2 Å². The first-order valence-electron chi connectivity index (χ1n) is 3.21. The normalized spacial score (nSPS) is 10.4. The summed E-state index contributed by atoms with van der Waals surface area (Å²) in [6, 6.07) is 0. The lowest BCUT2D eigenvalue weighted by Gasteiger charge is -1.93. The van der Waals surface area contributed by atoms with Crippen LogP contribution in [0.25, 0.3) is 0 Å². The van der Waals surface area contributed by atoms with E-state index in [1.54, 1.807) is 11.8 Å². The maximum absolute atomic E-state index is 5.65. The fourth-order valence-corrected chi connectivity index (χ4v) is 2.45. The van der Waals surface area contributed by atoms with Crippen molar-refractivity contribution in [1.29, 1.82) is 0 Å². The topological polar surface area (TPSA) is 38.9 Å². The first kappa shape index (κ1) is 9.32. The predicted octanol–water partition coefficient (Wildman–Crippen LogP) is 1.99. The quantitative estimate of drug-likeness (QED) is 0.770. The van der Waals surface area contributed by atoms with Crippen LogP contribution in [0.15, 0.2) is 6.20 Å². The highest BCUT2D eigenvalue weighted by Crippen LogP contribution is 2.21. The van der Waals surface area contributed by atoms with Crippen molar-refractivity contribution < 1.29 is 0 Å². The van der Waals surface area contributed by atoms with Crippen LogP contribution in [0, 0.1) is 0 Å². The number of thiazole rings is 1. The highest BCUT2D eigenvalue weighted by atomic mass is 35.5. The summed E-state index contributed by atoms with van der Waals surface area (Å²) in [4.78, 5) is 5.15. The van der Waals surface area contributed by atoms with Crippen molar-refractivity contribution in [2.24, 2.45) is 5.73 Å². The Morgan fingerprint density at radius 1 is 1.73 bits per heavy atom. The molecule has 62 valence electrons. The van der Waals surface area contributed by atoms with E-state index in [2.05, 4.69) is 4.98 Å². The van der Waals surface area contributed by atoms with Gasteiger partial charge in [0.25, 0.3) is 0 Å². The molecule has 11 heavy (non-hydrogen) atoms. The smallest absolute Gasteiger partial charge is 0.183 e. The third-order valence-corrected chi connectivity index (χ3v) is 3.37. The van der Waals surface area contributed by atoms with Gasteiger partial charge in [0.1, 0.15) is 0 Å². The molecule has 0 aliphatic heterocycles. The van der Waals surface area contributed by atoms with Crippen LogP contribution in [0.3, 0.4) is 0 Å². The van der Waals surface area contributed by atoms with E-state index in [-0.39, 0.29) is 0 Å². The average molecular weight is 209 g/mol. The second kappa shape index (κ2) is 4.98. The van der Waals surface area contributed by atoms with E-state index in [0.29, 0.717) is 4.47 Å². The van der Waals surface area contributed by atoms with Crippen LogP contribution in [0.5, 0.6) is 0 Å². The summed E-state index contributed by atoms with van der Waals surface area (Å²) < 4.78 is 0.619. The van der Waals surface area contributed by atoms with Crippen molar-refractivity contribution in [2.45, 2.75) is 5.75 Å². The van der Waals surface area contributed by atoms with Crippen LogP contribution in [0.2, 0.25) is 4.47 Å². The summed E-state index contributed by atoms with van der Waals surface area (Å²) in [7, 11) is 0. The monoisotopic (exact) mass is 208 g/mol. The molecule has 0 radical (unpaired) electrons. The number of rotatable bonds is 4. The number of hydrogen-bond donors (Lipinski definition) is 1. The second-order valence-corrected chi connectivity index (χ2v) is 4.72. The molecule has 2 nitrogen and oxygen atoms in total. The number of aromatic nitrogens is 1. The summed E-state index contributed by atoms with van der Waals surface area (Å²) in [5.74, 6) is 1.97. The summed E-state index contributed by atoms with van der Waals surface area (Å²) >= 11 is 8.98. The molecule has 0 aliphatic carbocycles. The lowest BCUT2D eigenvalue weighted by molar-refractivity contribution is 1.15. The van der Waals surface area contributed by atoms with E-state index >= 15 is 0 Å². The maximum atomic E-state index is 5.65. The van der Waals surface area contributed by atoms with Crippen molar-refractivity contribution in [2.75, 3.05) is 12.3 Å². The molecule has 0 amide bonds. The van der Waals surface area contributed by atoms with Gasteiger partial charge in [-0.3, -0.25) is 0 Å². The van der Waals surface area contributed by atoms with Gasteiger partial charge >= 0.3 is 0 Å². The lowest BCUT2D eigenvalue weighted by Crippen LogP contribution is -2.00. The van der Waals surface area contributed by atoms with Gasteiger partial charge in [0.15, 0.2) is 4.47 Å². The van der Waals surface area contributed by atoms with Crippen LogP contribution < -0.4 is 5.73 Å². The number of nitrogens with two attached hydrogens (primary N) is 1. The molecule has 1 aromatic heterocycles. The van der Waals surface area contributed by atoms with Gasteiger partial charge in [0.2, 0.25) is 0 Å². The van der Waals surface area contributed by atoms with Crippen molar-refractivity contribution in [3.05, 3.63) is 15.5 Å². The Balaban J connectivity index is 2.27. The molecule has 0 aromatic carbocycles. The molecule has 1 aromatic rings. The zero-order chi connectivity index (χ0) is 8.10. The highest BCUT2D eigenvalue weighted by molar-refractivity contribution is 7.98. The Hall–Kier alpha value is 0.230. The fourth-order valence-electron chi connectivity index (χ4n) is 0.606. The molecule has 0 saturated carbocycles. The summed E-state index contributed by atoms with van der Waals surface area (Å²) in [5, 5.41) is 0. The van der Waals surface area contributed by atoms with Gasteiger partial charge in [-0.2, -0.15) is 11.8 Å². The zero-order valence-corrected chi connectivity index (χ0v) is 8.31. The van der Waals surface area contributed by atoms with Crippen molar-refractivity contribution in [3.8, 4) is 0 Å². The van der Waals surface area contributed by atoms with Crippen molar-refractivity contribution in [3.63, 3.8) is 0 Å². The zero-order valence-electron chi connectivity index (χ0n) is 5.92. The minimum absolute atomic E-state index is 0.619. The van der Waals surface area contributed by atoms with Gasteiger partial charge in [-0.15, -0.1) is 11.3 Å². The molecular formula is C6H9ClN2S2. The van der Waals surface area contributed by atoms with E-state index < -0.39 is 0 Å².